The number of carboxylic acid groups (broad SMARTS) is 1. The number of aromatic nitrogens is 1. The molecule has 0 saturated carbocycles. The molecule has 0 radical (unpaired) electrons. The van der Waals surface area contributed by atoms with Crippen LogP contribution in [0.4, 0.5) is 0 Å². The van der Waals surface area contributed by atoms with Crippen LogP contribution >= 0.6 is 0 Å². The molecule has 0 spiro atoms. The van der Waals surface area contributed by atoms with E-state index in [0.717, 1.165) is 44.1 Å². The van der Waals surface area contributed by atoms with E-state index in [-0.39, 0.29) is 12.5 Å². The highest BCUT2D eigenvalue weighted by molar-refractivity contribution is 5.66. The summed E-state index contributed by atoms with van der Waals surface area (Å²) in [7, 11) is 2.03. The van der Waals surface area contributed by atoms with Crippen LogP contribution in [0.15, 0.2) is 24.4 Å². The zero-order valence-electron chi connectivity index (χ0n) is 15.9. The average molecular weight is 347 g/mol. The minimum atomic E-state index is -0.739. The topological polar surface area (TPSA) is 62.5 Å². The third kappa shape index (κ3) is 8.21. The Morgan fingerprint density at radius 2 is 2.04 bits per heavy atom. The van der Waals surface area contributed by atoms with Crippen LogP contribution in [0, 0.1) is 6.92 Å². The SMILES string of the molecule is CCCCCC(O)/C=C/c1cn(C)c(C)c1C/C=C\CCCC(=O)O. The third-order valence-electron chi connectivity index (χ3n) is 4.50. The third-order valence-corrected chi connectivity index (χ3v) is 4.50. The number of unbranched alkanes of at least 4 members (excludes halogenated alkanes) is 3. The van der Waals surface area contributed by atoms with Gasteiger partial charge in [-0.1, -0.05) is 50.5 Å². The van der Waals surface area contributed by atoms with Gasteiger partial charge >= 0.3 is 5.97 Å². The molecule has 1 atom stereocenters. The van der Waals surface area contributed by atoms with Crippen molar-refractivity contribution in [2.45, 2.75) is 71.3 Å². The van der Waals surface area contributed by atoms with Gasteiger partial charge in [-0.3, -0.25) is 4.79 Å². The highest BCUT2D eigenvalue weighted by atomic mass is 16.4. The number of nitrogens with zero attached hydrogens (tertiary/aromatic N) is 1. The lowest BCUT2D eigenvalue weighted by atomic mass is 10.0. The molecule has 0 fully saturated rings. The van der Waals surface area contributed by atoms with Crippen molar-refractivity contribution in [2.24, 2.45) is 7.05 Å². The smallest absolute Gasteiger partial charge is 0.303 e. The Hall–Kier alpha value is -1.81. The van der Waals surface area contributed by atoms with Gasteiger partial charge in [0.2, 0.25) is 0 Å². The van der Waals surface area contributed by atoms with Gasteiger partial charge in [-0.05, 0) is 43.7 Å². The molecular formula is C21H33NO3. The Balaban J connectivity index is 2.61. The molecule has 1 aromatic heterocycles. The monoisotopic (exact) mass is 347 g/mol. The Kier molecular flexibility index (Phi) is 9.93. The number of hydrogen-bond acceptors (Lipinski definition) is 2. The normalized spacial score (nSPS) is 13.1. The zero-order valence-corrected chi connectivity index (χ0v) is 15.9. The van der Waals surface area contributed by atoms with Crippen molar-refractivity contribution in [1.82, 2.24) is 4.57 Å². The number of carbonyl (C=O) groups is 1. The van der Waals surface area contributed by atoms with E-state index in [4.69, 9.17) is 5.11 Å². The van der Waals surface area contributed by atoms with E-state index in [1.807, 2.05) is 19.2 Å². The number of aliphatic hydroxyl groups excluding tert-OH is 1. The van der Waals surface area contributed by atoms with Gasteiger partial charge in [-0.2, -0.15) is 0 Å². The van der Waals surface area contributed by atoms with Gasteiger partial charge in [0.05, 0.1) is 6.10 Å². The van der Waals surface area contributed by atoms with Gasteiger partial charge < -0.3 is 14.8 Å². The number of carboxylic acids is 1. The van der Waals surface area contributed by atoms with Gasteiger partial charge in [0.25, 0.3) is 0 Å². The summed E-state index contributed by atoms with van der Waals surface area (Å²) in [4.78, 5) is 10.5. The van der Waals surface area contributed by atoms with Crippen LogP contribution in [-0.4, -0.2) is 26.9 Å². The van der Waals surface area contributed by atoms with E-state index in [0.29, 0.717) is 6.42 Å². The lowest BCUT2D eigenvalue weighted by molar-refractivity contribution is -0.137. The van der Waals surface area contributed by atoms with E-state index < -0.39 is 5.97 Å². The summed E-state index contributed by atoms with van der Waals surface area (Å²) in [5, 5.41) is 18.7. The first-order valence-corrected chi connectivity index (χ1v) is 9.33. The molecule has 1 aromatic rings. The van der Waals surface area contributed by atoms with Gasteiger partial charge in [-0.25, -0.2) is 0 Å². The standard InChI is InChI=1S/C21H33NO3/c1-4-5-8-11-19(23)15-14-18-16-22(3)17(2)20(18)12-9-6-7-10-13-21(24)25/h6,9,14-16,19,23H,4-5,7-8,10-13H2,1-3H3,(H,24,25)/b9-6-,15-14+. The Bertz CT molecular complexity index is 584. The molecule has 2 N–H and O–H groups in total. The first kappa shape index (κ1) is 21.2. The maximum absolute atomic E-state index is 10.5. The summed E-state index contributed by atoms with van der Waals surface area (Å²) < 4.78 is 2.11. The molecule has 1 rings (SSSR count). The van der Waals surface area contributed by atoms with Crippen LogP contribution in [-0.2, 0) is 18.3 Å². The molecule has 4 heteroatoms. The Morgan fingerprint density at radius 1 is 1.28 bits per heavy atom. The molecule has 140 valence electrons. The van der Waals surface area contributed by atoms with Crippen molar-refractivity contribution in [3.05, 3.63) is 41.2 Å². The number of hydrogen-bond donors (Lipinski definition) is 2. The minimum Gasteiger partial charge on any atom is -0.481 e. The van der Waals surface area contributed by atoms with Crippen molar-refractivity contribution in [3.8, 4) is 0 Å². The largest absolute Gasteiger partial charge is 0.481 e. The molecule has 25 heavy (non-hydrogen) atoms. The predicted molar refractivity (Wildman–Crippen MR) is 104 cm³/mol. The summed E-state index contributed by atoms with van der Waals surface area (Å²) >= 11 is 0. The number of rotatable bonds is 12. The summed E-state index contributed by atoms with van der Waals surface area (Å²) in [5.74, 6) is -0.739. The van der Waals surface area contributed by atoms with E-state index in [1.165, 1.54) is 11.3 Å². The van der Waals surface area contributed by atoms with Crippen molar-refractivity contribution < 1.29 is 15.0 Å². The summed E-state index contributed by atoms with van der Waals surface area (Å²) in [6.07, 6.45) is 16.5. The van der Waals surface area contributed by atoms with Crippen molar-refractivity contribution in [2.75, 3.05) is 0 Å². The van der Waals surface area contributed by atoms with Gasteiger partial charge in [0.15, 0.2) is 0 Å². The Morgan fingerprint density at radius 3 is 2.72 bits per heavy atom. The highest BCUT2D eigenvalue weighted by Crippen LogP contribution is 2.20. The maximum Gasteiger partial charge on any atom is 0.303 e. The molecule has 4 nitrogen and oxygen atoms in total. The number of aliphatic carboxylic acids is 1. The highest BCUT2D eigenvalue weighted by Gasteiger charge is 2.08. The zero-order chi connectivity index (χ0) is 18.7. The number of aryl methyl sites for hydroxylation is 1. The van der Waals surface area contributed by atoms with Crippen LogP contribution in [0.2, 0.25) is 0 Å². The average Bonchev–Trinajstić information content (AvgIpc) is 2.83. The van der Waals surface area contributed by atoms with E-state index in [2.05, 4.69) is 36.8 Å². The minimum absolute atomic E-state index is 0.221. The Labute approximate surface area is 151 Å². The van der Waals surface area contributed by atoms with Crippen LogP contribution in [0.25, 0.3) is 6.08 Å². The maximum atomic E-state index is 10.5. The molecular weight excluding hydrogens is 314 g/mol. The van der Waals surface area contributed by atoms with Crippen LogP contribution in [0.3, 0.4) is 0 Å². The van der Waals surface area contributed by atoms with Crippen LogP contribution in [0.1, 0.15) is 68.7 Å². The molecule has 1 heterocycles. The fourth-order valence-corrected chi connectivity index (χ4v) is 2.82. The molecule has 0 aliphatic rings. The van der Waals surface area contributed by atoms with Gasteiger partial charge in [0.1, 0.15) is 0 Å². The van der Waals surface area contributed by atoms with E-state index in [1.54, 1.807) is 0 Å². The lowest BCUT2D eigenvalue weighted by Gasteiger charge is -2.04. The number of allylic oxidation sites excluding steroid dienone is 2. The first-order chi connectivity index (χ1) is 12.0. The van der Waals surface area contributed by atoms with Crippen molar-refractivity contribution in [1.29, 1.82) is 0 Å². The summed E-state index contributed by atoms with van der Waals surface area (Å²) in [6.45, 7) is 4.26. The fourth-order valence-electron chi connectivity index (χ4n) is 2.82. The van der Waals surface area contributed by atoms with Crippen LogP contribution in [0.5, 0.6) is 0 Å². The predicted octanol–water partition coefficient (Wildman–Crippen LogP) is 4.64. The van der Waals surface area contributed by atoms with Crippen molar-refractivity contribution in [3.63, 3.8) is 0 Å². The first-order valence-electron chi connectivity index (χ1n) is 9.33. The second-order valence-corrected chi connectivity index (χ2v) is 6.64. The molecule has 1 unspecified atom stereocenters. The molecule has 0 amide bonds. The summed E-state index contributed by atoms with van der Waals surface area (Å²) in [6, 6.07) is 0. The fraction of sp³-hybridized carbons (Fsp3) is 0.571. The molecule has 0 aliphatic heterocycles. The van der Waals surface area contributed by atoms with E-state index in [9.17, 15) is 9.90 Å². The quantitative estimate of drug-likeness (QED) is 0.428. The van der Waals surface area contributed by atoms with Crippen molar-refractivity contribution >= 4 is 12.0 Å². The van der Waals surface area contributed by atoms with Gasteiger partial charge in [0, 0.05) is 25.4 Å². The number of aliphatic hydroxyl groups is 1. The van der Waals surface area contributed by atoms with Gasteiger partial charge in [-0.15, -0.1) is 0 Å². The molecule has 0 saturated heterocycles. The molecule has 0 bridgehead atoms. The lowest BCUT2D eigenvalue weighted by Crippen LogP contribution is -2.01. The second-order valence-electron chi connectivity index (χ2n) is 6.64. The summed E-state index contributed by atoms with van der Waals surface area (Å²) in [5.41, 5.74) is 3.62. The van der Waals surface area contributed by atoms with E-state index >= 15 is 0 Å². The molecule has 0 aromatic carbocycles. The van der Waals surface area contributed by atoms with Crippen LogP contribution < -0.4 is 0 Å². The second kappa shape index (κ2) is 11.7. The molecule has 0 aliphatic carbocycles.